The Morgan fingerprint density at radius 3 is 2.33 bits per heavy atom. The van der Waals surface area contributed by atoms with E-state index >= 15 is 0 Å². The maximum absolute atomic E-state index is 11.4. The van der Waals surface area contributed by atoms with Gasteiger partial charge in [-0.25, -0.2) is 0 Å². The fourth-order valence-corrected chi connectivity index (χ4v) is 6.21. The largest absolute Gasteiger partial charge is 0.508 e. The number of hydrogen-bond donors (Lipinski definition) is 3. The molecule has 0 atom stereocenters. The molecule has 4 N–H and O–H groups in total. The first kappa shape index (κ1) is 25.9. The molecule has 1 aliphatic carbocycles. The molecule has 1 saturated carbocycles. The van der Waals surface area contributed by atoms with Crippen molar-refractivity contribution in [1.29, 1.82) is 0 Å². The zero-order chi connectivity index (χ0) is 27.0. The topological polar surface area (TPSA) is 127 Å². The normalized spacial score (nSPS) is 22.6. The summed E-state index contributed by atoms with van der Waals surface area (Å²) in [6.07, 6.45) is 8.05. The van der Waals surface area contributed by atoms with E-state index in [4.69, 9.17) is 24.8 Å². The van der Waals surface area contributed by atoms with Crippen molar-refractivity contribution in [1.82, 2.24) is 9.96 Å². The monoisotopic (exact) mass is 537 g/mol. The van der Waals surface area contributed by atoms with Crippen molar-refractivity contribution in [2.24, 2.45) is 5.73 Å². The van der Waals surface area contributed by atoms with Crippen molar-refractivity contribution in [3.8, 4) is 23.0 Å². The number of rotatable bonds is 6. The number of likely N-dealkylation sites (tertiary alicyclic amines) is 1. The third-order valence-electron chi connectivity index (χ3n) is 8.30. The van der Waals surface area contributed by atoms with Crippen molar-refractivity contribution >= 4 is 11.7 Å². The van der Waals surface area contributed by atoms with Crippen molar-refractivity contribution < 1.29 is 34.1 Å². The third kappa shape index (κ3) is 5.42. The zero-order valence-corrected chi connectivity index (χ0v) is 21.9. The van der Waals surface area contributed by atoms with Gasteiger partial charge in [-0.3, -0.25) is 4.79 Å². The number of benzene rings is 2. The van der Waals surface area contributed by atoms with Crippen LogP contribution in [0.3, 0.4) is 0 Å². The number of hydrogen-bond acceptors (Lipinski definition) is 9. The Balaban J connectivity index is 1.07. The van der Waals surface area contributed by atoms with Gasteiger partial charge in [0.2, 0.25) is 5.91 Å². The molecule has 0 aromatic heterocycles. The lowest BCUT2D eigenvalue weighted by Gasteiger charge is -2.44. The van der Waals surface area contributed by atoms with Crippen LogP contribution in [0.1, 0.15) is 54.4 Å². The van der Waals surface area contributed by atoms with E-state index in [9.17, 15) is 15.0 Å². The summed E-state index contributed by atoms with van der Waals surface area (Å²) >= 11 is 0. The fourth-order valence-electron chi connectivity index (χ4n) is 6.21. The number of aromatic hydroxyl groups is 2. The molecule has 3 aliphatic heterocycles. The Morgan fingerprint density at radius 2 is 1.67 bits per heavy atom. The smallest absolute Gasteiger partial charge is 0.248 e. The van der Waals surface area contributed by atoms with Gasteiger partial charge in [-0.1, -0.05) is 0 Å². The van der Waals surface area contributed by atoms with Crippen LogP contribution in [0.25, 0.3) is 5.76 Å². The van der Waals surface area contributed by atoms with E-state index in [1.54, 1.807) is 24.3 Å². The van der Waals surface area contributed by atoms with E-state index in [-0.39, 0.29) is 29.1 Å². The second-order valence-corrected chi connectivity index (χ2v) is 10.7. The van der Waals surface area contributed by atoms with E-state index in [2.05, 4.69) is 4.90 Å². The van der Waals surface area contributed by atoms with Gasteiger partial charge in [0.1, 0.15) is 28.6 Å². The zero-order valence-electron chi connectivity index (χ0n) is 21.9. The second-order valence-electron chi connectivity index (χ2n) is 10.7. The van der Waals surface area contributed by atoms with Gasteiger partial charge < -0.3 is 39.9 Å². The Labute approximate surface area is 227 Å². The summed E-state index contributed by atoms with van der Waals surface area (Å²) in [5.74, 6) is 0.00647. The number of carbonyl (C=O) groups is 1. The molecular weight excluding hydrogens is 502 g/mol. The standard InChI is InChI=1S/C29H35N3O7/c30-28(35)19-1-3-23(4-2-19)38-26-18-22(33)17-24(34)27(26)25-9-14-32(39-25)21-7-12-31(13-8-21)20-5-10-29(11-6-20)36-15-16-37-29/h1-4,9,17-18,20-21,33-34H,5-8,10-16H2,(H2,30,35). The Hall–Kier alpha value is -3.31. The first-order valence-electron chi connectivity index (χ1n) is 13.7. The van der Waals surface area contributed by atoms with Gasteiger partial charge in [-0.05, 0) is 56.0 Å². The van der Waals surface area contributed by atoms with Gasteiger partial charge in [0.25, 0.3) is 0 Å². The lowest BCUT2D eigenvalue weighted by atomic mass is 9.88. The lowest BCUT2D eigenvalue weighted by Crippen LogP contribution is -2.50. The number of nitrogens with zero attached hydrogens (tertiary/aromatic N) is 2. The van der Waals surface area contributed by atoms with Crippen LogP contribution < -0.4 is 10.5 Å². The summed E-state index contributed by atoms with van der Waals surface area (Å²) in [7, 11) is 0. The fraction of sp³-hybridized carbons (Fsp3) is 0.483. The number of amides is 1. The van der Waals surface area contributed by atoms with Crippen molar-refractivity contribution in [3.05, 3.63) is 53.6 Å². The van der Waals surface area contributed by atoms with E-state index in [0.29, 0.717) is 48.4 Å². The predicted octanol–water partition coefficient (Wildman–Crippen LogP) is 3.73. The summed E-state index contributed by atoms with van der Waals surface area (Å²) in [4.78, 5) is 20.2. The Bertz CT molecular complexity index is 1220. The number of ether oxygens (including phenoxy) is 3. The summed E-state index contributed by atoms with van der Waals surface area (Å²) in [5.41, 5.74) is 6.03. The van der Waals surface area contributed by atoms with Crippen LogP contribution in [-0.4, -0.2) is 76.8 Å². The summed E-state index contributed by atoms with van der Waals surface area (Å²) < 4.78 is 17.8. The minimum Gasteiger partial charge on any atom is -0.508 e. The van der Waals surface area contributed by atoms with Gasteiger partial charge in [0, 0.05) is 55.7 Å². The average molecular weight is 538 g/mol. The summed E-state index contributed by atoms with van der Waals surface area (Å²) in [6.45, 7) is 4.04. The first-order valence-corrected chi connectivity index (χ1v) is 13.7. The SMILES string of the molecule is NC(=O)c1ccc(Oc2cc(O)cc(O)c2C2=CCN(C3CCN(C4CCC5(CC4)OCCO5)CC3)O2)cc1. The molecule has 2 aromatic carbocycles. The van der Waals surface area contributed by atoms with E-state index < -0.39 is 5.91 Å². The van der Waals surface area contributed by atoms with Crippen LogP contribution in [0.2, 0.25) is 0 Å². The molecule has 6 rings (SSSR count). The van der Waals surface area contributed by atoms with Crippen LogP contribution in [-0.2, 0) is 14.3 Å². The molecule has 0 bridgehead atoms. The molecule has 3 fully saturated rings. The number of carbonyl (C=O) groups excluding carboxylic acids is 1. The maximum atomic E-state index is 11.4. The van der Waals surface area contributed by atoms with Crippen LogP contribution >= 0.6 is 0 Å². The molecular formula is C29H35N3O7. The molecule has 4 aliphatic rings. The van der Waals surface area contributed by atoms with Crippen molar-refractivity contribution in [2.45, 2.75) is 56.4 Å². The van der Waals surface area contributed by atoms with E-state index in [0.717, 1.165) is 51.6 Å². The molecule has 208 valence electrons. The number of hydroxylamine groups is 2. The quantitative estimate of drug-likeness (QED) is 0.505. The minimum atomic E-state index is -0.534. The molecule has 2 aromatic rings. The number of phenolic OH excluding ortho intramolecular Hbond substituents is 2. The molecule has 0 unspecified atom stereocenters. The number of nitrogens with two attached hydrogens (primary N) is 1. The van der Waals surface area contributed by atoms with Gasteiger partial charge in [-0.2, -0.15) is 0 Å². The van der Waals surface area contributed by atoms with Gasteiger partial charge in [-0.15, -0.1) is 5.06 Å². The van der Waals surface area contributed by atoms with Gasteiger partial charge in [0.05, 0.1) is 19.8 Å². The minimum absolute atomic E-state index is 0.137. The van der Waals surface area contributed by atoms with Crippen LogP contribution in [0.15, 0.2) is 42.5 Å². The van der Waals surface area contributed by atoms with Crippen LogP contribution in [0.4, 0.5) is 0 Å². The van der Waals surface area contributed by atoms with E-state index in [1.165, 1.54) is 12.1 Å². The number of primary amides is 1. The number of piperidine rings is 1. The average Bonchev–Trinajstić information content (AvgIpc) is 3.60. The first-order chi connectivity index (χ1) is 18.9. The molecule has 1 spiro atoms. The van der Waals surface area contributed by atoms with Crippen molar-refractivity contribution in [2.75, 3.05) is 32.8 Å². The summed E-state index contributed by atoms with van der Waals surface area (Å²) in [6, 6.07) is 9.85. The highest BCUT2D eigenvalue weighted by Gasteiger charge is 2.42. The highest BCUT2D eigenvalue weighted by atomic mass is 16.7. The molecule has 0 radical (unpaired) electrons. The van der Waals surface area contributed by atoms with E-state index in [1.807, 2.05) is 11.1 Å². The Kier molecular flexibility index (Phi) is 7.11. The molecule has 3 heterocycles. The third-order valence-corrected chi connectivity index (χ3v) is 8.30. The molecule has 39 heavy (non-hydrogen) atoms. The molecule has 10 heteroatoms. The highest BCUT2D eigenvalue weighted by molar-refractivity contribution is 5.92. The molecule has 2 saturated heterocycles. The predicted molar refractivity (Wildman–Crippen MR) is 142 cm³/mol. The summed E-state index contributed by atoms with van der Waals surface area (Å²) in [5, 5.41) is 22.8. The van der Waals surface area contributed by atoms with Crippen LogP contribution in [0.5, 0.6) is 23.0 Å². The number of phenols is 2. The maximum Gasteiger partial charge on any atom is 0.248 e. The molecule has 10 nitrogen and oxygen atoms in total. The van der Waals surface area contributed by atoms with Crippen molar-refractivity contribution in [3.63, 3.8) is 0 Å². The van der Waals surface area contributed by atoms with Crippen LogP contribution in [0, 0.1) is 0 Å². The van der Waals surface area contributed by atoms with Gasteiger partial charge in [0.15, 0.2) is 11.5 Å². The lowest BCUT2D eigenvalue weighted by molar-refractivity contribution is -0.185. The highest BCUT2D eigenvalue weighted by Crippen LogP contribution is 2.43. The molecule has 1 amide bonds. The Morgan fingerprint density at radius 1 is 0.974 bits per heavy atom. The second kappa shape index (κ2) is 10.7. The van der Waals surface area contributed by atoms with Gasteiger partial charge >= 0.3 is 0 Å².